The molecule has 1 aromatic rings. The van der Waals surface area contributed by atoms with E-state index in [0.717, 1.165) is 5.56 Å². The summed E-state index contributed by atoms with van der Waals surface area (Å²) >= 11 is 1.35. The molecule has 0 aromatic heterocycles. The molecule has 1 aromatic carbocycles. The van der Waals surface area contributed by atoms with Gasteiger partial charge in [0.1, 0.15) is 5.75 Å². The largest absolute Gasteiger partial charge is 0.508 e. The SMILES string of the molecule is C[C@@H]1S/C(=N\N=C\c2ccc(O)cc2)NC1=O. The molecule has 1 amide bonds. The predicted molar refractivity (Wildman–Crippen MR) is 68.3 cm³/mol. The molecule has 2 rings (SSSR count). The van der Waals surface area contributed by atoms with E-state index in [9.17, 15) is 4.79 Å². The first-order chi connectivity index (χ1) is 8.15. The summed E-state index contributed by atoms with van der Waals surface area (Å²) in [6.07, 6.45) is 1.56. The fourth-order valence-electron chi connectivity index (χ4n) is 1.21. The van der Waals surface area contributed by atoms with E-state index in [0.29, 0.717) is 5.17 Å². The van der Waals surface area contributed by atoms with Crippen LogP contribution in [0.15, 0.2) is 34.5 Å². The normalized spacial score (nSPS) is 22.3. The van der Waals surface area contributed by atoms with Gasteiger partial charge in [-0.1, -0.05) is 11.8 Å². The molecule has 1 saturated heterocycles. The highest BCUT2D eigenvalue weighted by molar-refractivity contribution is 8.15. The Labute approximate surface area is 103 Å². The maximum absolute atomic E-state index is 11.2. The second-order valence-electron chi connectivity index (χ2n) is 3.49. The Morgan fingerprint density at radius 3 is 2.71 bits per heavy atom. The third kappa shape index (κ3) is 3.07. The number of aromatic hydroxyl groups is 1. The first-order valence-electron chi connectivity index (χ1n) is 5.03. The number of rotatable bonds is 2. The van der Waals surface area contributed by atoms with Crippen LogP contribution in [0, 0.1) is 0 Å². The summed E-state index contributed by atoms with van der Waals surface area (Å²) < 4.78 is 0. The molecule has 5 nitrogen and oxygen atoms in total. The molecule has 0 aliphatic carbocycles. The van der Waals surface area contributed by atoms with Gasteiger partial charge in [0.2, 0.25) is 5.91 Å². The molecule has 1 heterocycles. The Balaban J connectivity index is 2.00. The van der Waals surface area contributed by atoms with Crippen molar-refractivity contribution in [2.75, 3.05) is 0 Å². The summed E-state index contributed by atoms with van der Waals surface area (Å²) in [6, 6.07) is 6.59. The lowest BCUT2D eigenvalue weighted by atomic mass is 10.2. The number of phenols is 1. The van der Waals surface area contributed by atoms with Gasteiger partial charge < -0.3 is 10.4 Å². The lowest BCUT2D eigenvalue weighted by molar-refractivity contribution is -0.118. The van der Waals surface area contributed by atoms with E-state index in [-0.39, 0.29) is 16.9 Å². The van der Waals surface area contributed by atoms with E-state index in [2.05, 4.69) is 15.5 Å². The van der Waals surface area contributed by atoms with Crippen molar-refractivity contribution < 1.29 is 9.90 Å². The second-order valence-corrected chi connectivity index (χ2v) is 4.82. The molecule has 0 radical (unpaired) electrons. The number of carbonyl (C=O) groups excluding carboxylic acids is 1. The fourth-order valence-corrected chi connectivity index (χ4v) is 1.97. The van der Waals surface area contributed by atoms with Gasteiger partial charge in [-0.15, -0.1) is 5.10 Å². The van der Waals surface area contributed by atoms with Gasteiger partial charge >= 0.3 is 0 Å². The van der Waals surface area contributed by atoms with Crippen molar-refractivity contribution >= 4 is 29.1 Å². The Kier molecular flexibility index (Phi) is 3.43. The summed E-state index contributed by atoms with van der Waals surface area (Å²) in [5.74, 6) is 0.162. The molecule has 1 atom stereocenters. The van der Waals surface area contributed by atoms with Crippen molar-refractivity contribution in [2.45, 2.75) is 12.2 Å². The number of amidine groups is 1. The molecule has 0 bridgehead atoms. The van der Waals surface area contributed by atoms with Crippen LogP contribution in [0.25, 0.3) is 0 Å². The van der Waals surface area contributed by atoms with Crippen LogP contribution < -0.4 is 5.32 Å². The number of nitrogens with zero attached hydrogens (tertiary/aromatic N) is 2. The van der Waals surface area contributed by atoms with Crippen molar-refractivity contribution in [3.8, 4) is 5.75 Å². The van der Waals surface area contributed by atoms with Crippen LogP contribution >= 0.6 is 11.8 Å². The molecular weight excluding hydrogens is 238 g/mol. The molecule has 88 valence electrons. The highest BCUT2D eigenvalue weighted by atomic mass is 32.2. The zero-order valence-corrected chi connectivity index (χ0v) is 9.94. The number of phenolic OH excluding ortho intramolecular Hbond substituents is 1. The van der Waals surface area contributed by atoms with Gasteiger partial charge in [-0.3, -0.25) is 4.79 Å². The second kappa shape index (κ2) is 5.01. The summed E-state index contributed by atoms with van der Waals surface area (Å²) in [5, 5.41) is 19.9. The van der Waals surface area contributed by atoms with Crippen molar-refractivity contribution in [3.05, 3.63) is 29.8 Å². The molecule has 1 aliphatic heterocycles. The average molecular weight is 249 g/mol. The Hall–Kier alpha value is -1.82. The average Bonchev–Trinajstić information content (AvgIpc) is 2.61. The van der Waals surface area contributed by atoms with Crippen LogP contribution in [0.4, 0.5) is 0 Å². The molecule has 0 spiro atoms. The van der Waals surface area contributed by atoms with Crippen molar-refractivity contribution in [3.63, 3.8) is 0 Å². The first kappa shape index (κ1) is 11.7. The predicted octanol–water partition coefficient (Wildman–Crippen LogP) is 1.33. The van der Waals surface area contributed by atoms with Gasteiger partial charge in [-0.05, 0) is 36.8 Å². The van der Waals surface area contributed by atoms with E-state index in [1.54, 1.807) is 30.5 Å². The standard InChI is InChI=1S/C11H11N3O2S/c1-7-10(16)13-11(17-7)14-12-6-8-2-4-9(15)5-3-8/h2-7,15H,1H3,(H,13,14,16)/b12-6+/t7-/m0/s1. The zero-order chi connectivity index (χ0) is 12.3. The van der Waals surface area contributed by atoms with Crippen LogP contribution in [-0.4, -0.2) is 27.6 Å². The van der Waals surface area contributed by atoms with Crippen LogP contribution in [0.2, 0.25) is 0 Å². The minimum absolute atomic E-state index is 0.0476. The van der Waals surface area contributed by atoms with Gasteiger partial charge in [-0.25, -0.2) is 0 Å². The number of nitrogens with one attached hydrogen (secondary N) is 1. The lowest BCUT2D eigenvalue weighted by Gasteiger charge is -1.92. The van der Waals surface area contributed by atoms with Gasteiger partial charge in [0.25, 0.3) is 0 Å². The van der Waals surface area contributed by atoms with Gasteiger partial charge in [0, 0.05) is 0 Å². The van der Waals surface area contributed by atoms with Gasteiger partial charge in [0.05, 0.1) is 11.5 Å². The van der Waals surface area contributed by atoms with E-state index in [1.807, 2.05) is 6.92 Å². The molecule has 1 aliphatic rings. The minimum atomic E-state index is -0.113. The summed E-state index contributed by atoms with van der Waals surface area (Å²) in [6.45, 7) is 1.81. The Bertz CT molecular complexity index is 482. The first-order valence-corrected chi connectivity index (χ1v) is 5.91. The molecule has 17 heavy (non-hydrogen) atoms. The van der Waals surface area contributed by atoms with Crippen LogP contribution in [0.3, 0.4) is 0 Å². The van der Waals surface area contributed by atoms with Crippen LogP contribution in [-0.2, 0) is 4.79 Å². The maximum Gasteiger partial charge on any atom is 0.239 e. The van der Waals surface area contributed by atoms with Crippen LogP contribution in [0.1, 0.15) is 12.5 Å². The van der Waals surface area contributed by atoms with E-state index >= 15 is 0 Å². The minimum Gasteiger partial charge on any atom is -0.508 e. The van der Waals surface area contributed by atoms with Crippen LogP contribution in [0.5, 0.6) is 5.75 Å². The number of hydrogen-bond donors (Lipinski definition) is 2. The van der Waals surface area contributed by atoms with Gasteiger partial charge in [0.15, 0.2) is 5.17 Å². The number of hydrogen-bond acceptors (Lipinski definition) is 5. The Morgan fingerprint density at radius 2 is 2.12 bits per heavy atom. The lowest BCUT2D eigenvalue weighted by Crippen LogP contribution is -2.23. The smallest absolute Gasteiger partial charge is 0.239 e. The van der Waals surface area contributed by atoms with E-state index in [1.165, 1.54) is 11.8 Å². The van der Waals surface area contributed by atoms with Gasteiger partial charge in [-0.2, -0.15) is 5.10 Å². The van der Waals surface area contributed by atoms with Crippen molar-refractivity contribution in [1.82, 2.24) is 5.32 Å². The monoisotopic (exact) mass is 249 g/mol. The molecular formula is C11H11N3O2S. The summed E-state index contributed by atoms with van der Waals surface area (Å²) in [5.41, 5.74) is 0.828. The summed E-state index contributed by atoms with van der Waals surface area (Å²) in [4.78, 5) is 11.2. The third-order valence-electron chi connectivity index (χ3n) is 2.14. The molecule has 0 unspecified atom stereocenters. The highest BCUT2D eigenvalue weighted by Gasteiger charge is 2.25. The summed E-state index contributed by atoms with van der Waals surface area (Å²) in [7, 11) is 0. The fraction of sp³-hybridized carbons (Fsp3) is 0.182. The Morgan fingerprint density at radius 1 is 1.41 bits per heavy atom. The third-order valence-corrected chi connectivity index (χ3v) is 3.11. The molecule has 6 heteroatoms. The topological polar surface area (TPSA) is 74.1 Å². The number of benzene rings is 1. The van der Waals surface area contributed by atoms with E-state index in [4.69, 9.17) is 5.11 Å². The van der Waals surface area contributed by atoms with Crippen molar-refractivity contribution in [2.24, 2.45) is 10.2 Å². The number of thioether (sulfide) groups is 1. The number of amides is 1. The quantitative estimate of drug-likeness (QED) is 0.613. The molecule has 0 saturated carbocycles. The van der Waals surface area contributed by atoms with E-state index < -0.39 is 0 Å². The zero-order valence-electron chi connectivity index (χ0n) is 9.12. The highest BCUT2D eigenvalue weighted by Crippen LogP contribution is 2.18. The van der Waals surface area contributed by atoms with Crippen molar-refractivity contribution in [1.29, 1.82) is 0 Å². The molecule has 1 fully saturated rings. The molecule has 2 N–H and O–H groups in total. The number of carbonyl (C=O) groups is 1. The maximum atomic E-state index is 11.2.